The van der Waals surface area contributed by atoms with Crippen LogP contribution in [-0.4, -0.2) is 20.9 Å². The first-order valence-corrected chi connectivity index (χ1v) is 5.69. The van der Waals surface area contributed by atoms with Crippen LogP contribution in [-0.2, 0) is 24.2 Å². The summed E-state index contributed by atoms with van der Waals surface area (Å²) in [6, 6.07) is 1.53. The Morgan fingerprint density at radius 1 is 1.59 bits per heavy atom. The van der Waals surface area contributed by atoms with E-state index in [2.05, 4.69) is 18.9 Å². The summed E-state index contributed by atoms with van der Waals surface area (Å²) in [4.78, 5) is 22.3. The molecular weight excluding hydrogens is 220 g/mol. The molecule has 17 heavy (non-hydrogen) atoms. The molecule has 92 valence electrons. The fraction of sp³-hybridized carbons (Fsp3) is 0.583. The molecule has 1 heterocycles. The van der Waals surface area contributed by atoms with Gasteiger partial charge in [-0.25, -0.2) is 4.68 Å². The molecule has 1 aliphatic carbocycles. The average Bonchev–Trinajstić information content (AvgIpc) is 2.18. The molecule has 0 saturated carbocycles. The zero-order valence-corrected chi connectivity index (χ0v) is 10.1. The maximum Gasteiger partial charge on any atom is 0.325 e. The van der Waals surface area contributed by atoms with Gasteiger partial charge in [0.2, 0.25) is 0 Å². The molecule has 1 aromatic rings. The number of carboxylic acids is 1. The molecule has 0 atom stereocenters. The summed E-state index contributed by atoms with van der Waals surface area (Å²) in [5, 5.41) is 12.8. The van der Waals surface area contributed by atoms with E-state index in [1.807, 2.05) is 0 Å². The van der Waals surface area contributed by atoms with Crippen molar-refractivity contribution in [2.75, 3.05) is 0 Å². The van der Waals surface area contributed by atoms with E-state index in [0.29, 0.717) is 0 Å². The van der Waals surface area contributed by atoms with Gasteiger partial charge in [-0.1, -0.05) is 13.8 Å². The molecule has 5 heteroatoms. The van der Waals surface area contributed by atoms with E-state index in [1.165, 1.54) is 6.07 Å². The van der Waals surface area contributed by atoms with E-state index < -0.39 is 5.97 Å². The van der Waals surface area contributed by atoms with Gasteiger partial charge in [-0.2, -0.15) is 5.10 Å². The van der Waals surface area contributed by atoms with Gasteiger partial charge in [-0.3, -0.25) is 9.59 Å². The Kier molecular flexibility index (Phi) is 2.77. The number of rotatable bonds is 2. The highest BCUT2D eigenvalue weighted by atomic mass is 16.4. The fourth-order valence-electron chi connectivity index (χ4n) is 2.23. The van der Waals surface area contributed by atoms with E-state index >= 15 is 0 Å². The van der Waals surface area contributed by atoms with E-state index in [9.17, 15) is 9.59 Å². The molecule has 0 spiro atoms. The second-order valence-electron chi connectivity index (χ2n) is 5.35. The molecular formula is C12H16N2O3. The predicted octanol–water partition coefficient (Wildman–Crippen LogP) is 0.843. The van der Waals surface area contributed by atoms with Crippen LogP contribution in [0, 0.1) is 5.41 Å². The summed E-state index contributed by atoms with van der Waals surface area (Å²) in [6.45, 7) is 3.97. The third-order valence-corrected chi connectivity index (χ3v) is 3.16. The van der Waals surface area contributed by atoms with Gasteiger partial charge in [0.15, 0.2) is 0 Å². The summed E-state index contributed by atoms with van der Waals surface area (Å²) < 4.78 is 1.03. The zero-order chi connectivity index (χ0) is 12.6. The van der Waals surface area contributed by atoms with Crippen molar-refractivity contribution in [3.63, 3.8) is 0 Å². The van der Waals surface area contributed by atoms with Crippen LogP contribution in [0.2, 0.25) is 0 Å². The SMILES string of the molecule is CC1(C)CCc2nn(CC(=O)O)c(=O)cc2C1. The molecule has 0 amide bonds. The van der Waals surface area contributed by atoms with Gasteiger partial charge in [-0.05, 0) is 30.2 Å². The first-order valence-electron chi connectivity index (χ1n) is 5.69. The largest absolute Gasteiger partial charge is 0.480 e. The smallest absolute Gasteiger partial charge is 0.325 e. The number of carbonyl (C=O) groups is 1. The van der Waals surface area contributed by atoms with Gasteiger partial charge < -0.3 is 5.11 Å². The van der Waals surface area contributed by atoms with E-state index in [-0.39, 0.29) is 17.5 Å². The van der Waals surface area contributed by atoms with Crippen LogP contribution in [0.25, 0.3) is 0 Å². The Labute approximate surface area is 99.1 Å². The normalized spacial score (nSPS) is 17.5. The van der Waals surface area contributed by atoms with Crippen molar-refractivity contribution >= 4 is 5.97 Å². The number of hydrogen-bond donors (Lipinski definition) is 1. The maximum absolute atomic E-state index is 11.7. The fourth-order valence-corrected chi connectivity index (χ4v) is 2.23. The Morgan fingerprint density at radius 3 is 2.94 bits per heavy atom. The number of hydrogen-bond acceptors (Lipinski definition) is 3. The molecule has 0 unspecified atom stereocenters. The summed E-state index contributed by atoms with van der Waals surface area (Å²) in [6.07, 6.45) is 2.65. The number of aromatic nitrogens is 2. The third kappa shape index (κ3) is 2.54. The minimum atomic E-state index is -1.05. The van der Waals surface area contributed by atoms with Crippen molar-refractivity contribution in [1.82, 2.24) is 9.78 Å². The lowest BCUT2D eigenvalue weighted by atomic mass is 9.76. The molecule has 1 N–H and O–H groups in total. The lowest BCUT2D eigenvalue weighted by Crippen LogP contribution is -2.32. The lowest BCUT2D eigenvalue weighted by Gasteiger charge is -2.30. The summed E-state index contributed by atoms with van der Waals surface area (Å²) in [7, 11) is 0. The standard InChI is InChI=1S/C12H16N2O3/c1-12(2)4-3-9-8(6-12)5-10(15)14(13-9)7-11(16)17/h5H,3-4,6-7H2,1-2H3,(H,16,17). The highest BCUT2D eigenvalue weighted by molar-refractivity contribution is 5.66. The van der Waals surface area contributed by atoms with Gasteiger partial charge in [0.25, 0.3) is 5.56 Å². The van der Waals surface area contributed by atoms with Crippen LogP contribution in [0.3, 0.4) is 0 Å². The van der Waals surface area contributed by atoms with Crippen LogP contribution in [0.5, 0.6) is 0 Å². The molecule has 2 rings (SSSR count). The van der Waals surface area contributed by atoms with Gasteiger partial charge in [0.1, 0.15) is 6.54 Å². The van der Waals surface area contributed by atoms with Crippen molar-refractivity contribution < 1.29 is 9.90 Å². The van der Waals surface area contributed by atoms with Crippen LogP contribution in [0.1, 0.15) is 31.5 Å². The van der Waals surface area contributed by atoms with E-state index in [0.717, 1.165) is 35.2 Å². The minimum Gasteiger partial charge on any atom is -0.480 e. The Bertz CT molecular complexity index is 517. The van der Waals surface area contributed by atoms with Crippen LogP contribution >= 0.6 is 0 Å². The van der Waals surface area contributed by atoms with Gasteiger partial charge >= 0.3 is 5.97 Å². The molecule has 0 aliphatic heterocycles. The quantitative estimate of drug-likeness (QED) is 0.826. The van der Waals surface area contributed by atoms with Gasteiger partial charge in [-0.15, -0.1) is 0 Å². The Morgan fingerprint density at radius 2 is 2.29 bits per heavy atom. The molecule has 0 fully saturated rings. The van der Waals surface area contributed by atoms with E-state index in [4.69, 9.17) is 5.11 Å². The van der Waals surface area contributed by atoms with Gasteiger partial charge in [0.05, 0.1) is 5.69 Å². The average molecular weight is 236 g/mol. The third-order valence-electron chi connectivity index (χ3n) is 3.16. The van der Waals surface area contributed by atoms with Crippen molar-refractivity contribution in [2.45, 2.75) is 39.7 Å². The molecule has 5 nitrogen and oxygen atoms in total. The van der Waals surface area contributed by atoms with Crippen molar-refractivity contribution in [2.24, 2.45) is 5.41 Å². The Hall–Kier alpha value is -1.65. The first kappa shape index (κ1) is 11.8. The maximum atomic E-state index is 11.7. The molecule has 0 aromatic carbocycles. The number of carboxylic acid groups (broad SMARTS) is 1. The monoisotopic (exact) mass is 236 g/mol. The Balaban J connectivity index is 2.39. The number of nitrogens with zero attached hydrogens (tertiary/aromatic N) is 2. The second kappa shape index (κ2) is 3.98. The molecule has 1 aliphatic rings. The topological polar surface area (TPSA) is 72.2 Å². The molecule has 1 aromatic heterocycles. The number of aliphatic carboxylic acids is 1. The van der Waals surface area contributed by atoms with Crippen molar-refractivity contribution in [1.29, 1.82) is 0 Å². The summed E-state index contributed by atoms with van der Waals surface area (Å²) >= 11 is 0. The molecule has 0 bridgehead atoms. The number of fused-ring (bicyclic) bond motifs is 1. The van der Waals surface area contributed by atoms with Crippen molar-refractivity contribution in [3.05, 3.63) is 27.7 Å². The zero-order valence-electron chi connectivity index (χ0n) is 10.1. The second-order valence-corrected chi connectivity index (χ2v) is 5.35. The van der Waals surface area contributed by atoms with Crippen molar-refractivity contribution in [3.8, 4) is 0 Å². The van der Waals surface area contributed by atoms with Crippen LogP contribution in [0.15, 0.2) is 10.9 Å². The van der Waals surface area contributed by atoms with Gasteiger partial charge in [0, 0.05) is 6.07 Å². The summed E-state index contributed by atoms with van der Waals surface area (Å²) in [5.74, 6) is -1.05. The van der Waals surface area contributed by atoms with Crippen LogP contribution < -0.4 is 5.56 Å². The minimum absolute atomic E-state index is 0.195. The first-order chi connectivity index (χ1) is 7.87. The lowest BCUT2D eigenvalue weighted by molar-refractivity contribution is -0.138. The molecule has 0 saturated heterocycles. The van der Waals surface area contributed by atoms with E-state index in [1.54, 1.807) is 0 Å². The summed E-state index contributed by atoms with van der Waals surface area (Å²) in [5.41, 5.74) is 1.70. The molecule has 0 radical (unpaired) electrons. The highest BCUT2D eigenvalue weighted by Crippen LogP contribution is 2.32. The highest BCUT2D eigenvalue weighted by Gasteiger charge is 2.26. The van der Waals surface area contributed by atoms with Crippen LogP contribution in [0.4, 0.5) is 0 Å². The predicted molar refractivity (Wildman–Crippen MR) is 61.9 cm³/mol. The number of aryl methyl sites for hydroxylation is 1.